The molecule has 1 saturated carbocycles. The third-order valence-corrected chi connectivity index (χ3v) is 3.53. The van der Waals surface area contributed by atoms with Gasteiger partial charge in [-0.25, -0.2) is 0 Å². The molecule has 94 valence electrons. The SMILES string of the molecule is CCOc1ccc(Cl)cc1NC1CCC(C)C1. The average Bonchev–Trinajstić information content (AvgIpc) is 2.68. The normalized spacial score (nSPS) is 23.7. The Kier molecular flexibility index (Phi) is 4.16. The van der Waals surface area contributed by atoms with E-state index in [1.54, 1.807) is 0 Å². The zero-order valence-corrected chi connectivity index (χ0v) is 11.3. The van der Waals surface area contributed by atoms with Gasteiger partial charge in [0.2, 0.25) is 0 Å². The molecule has 17 heavy (non-hydrogen) atoms. The molecule has 0 spiro atoms. The first-order valence-corrected chi connectivity index (χ1v) is 6.75. The topological polar surface area (TPSA) is 21.3 Å². The summed E-state index contributed by atoms with van der Waals surface area (Å²) in [5.41, 5.74) is 1.03. The van der Waals surface area contributed by atoms with E-state index in [4.69, 9.17) is 16.3 Å². The van der Waals surface area contributed by atoms with Crippen LogP contribution in [0.25, 0.3) is 0 Å². The molecule has 1 aliphatic carbocycles. The van der Waals surface area contributed by atoms with Crippen molar-refractivity contribution >= 4 is 17.3 Å². The lowest BCUT2D eigenvalue weighted by Crippen LogP contribution is -2.16. The third-order valence-electron chi connectivity index (χ3n) is 3.30. The van der Waals surface area contributed by atoms with Gasteiger partial charge in [0, 0.05) is 11.1 Å². The van der Waals surface area contributed by atoms with Crippen LogP contribution in [-0.2, 0) is 0 Å². The standard InChI is InChI=1S/C14H20ClNO/c1-3-17-14-7-5-11(15)9-13(14)16-12-6-4-10(2)8-12/h5,7,9-10,12,16H,3-4,6,8H2,1-2H3. The minimum Gasteiger partial charge on any atom is -0.492 e. The Morgan fingerprint density at radius 3 is 2.88 bits per heavy atom. The predicted molar refractivity (Wildman–Crippen MR) is 73.0 cm³/mol. The molecule has 0 amide bonds. The molecule has 0 radical (unpaired) electrons. The Bertz CT molecular complexity index is 380. The molecule has 0 aliphatic heterocycles. The van der Waals surface area contributed by atoms with Crippen LogP contribution in [0.5, 0.6) is 5.75 Å². The van der Waals surface area contributed by atoms with E-state index in [2.05, 4.69) is 12.2 Å². The molecule has 0 bridgehead atoms. The number of hydrogen-bond donors (Lipinski definition) is 1. The van der Waals surface area contributed by atoms with Crippen LogP contribution < -0.4 is 10.1 Å². The van der Waals surface area contributed by atoms with Crippen LogP contribution in [0.1, 0.15) is 33.1 Å². The fourth-order valence-electron chi connectivity index (χ4n) is 2.45. The lowest BCUT2D eigenvalue weighted by molar-refractivity contribution is 0.341. The Labute approximate surface area is 108 Å². The minimum absolute atomic E-state index is 0.558. The average molecular weight is 254 g/mol. The second-order valence-electron chi connectivity index (χ2n) is 4.83. The molecule has 1 fully saturated rings. The summed E-state index contributed by atoms with van der Waals surface area (Å²) in [5, 5.41) is 4.31. The fourth-order valence-corrected chi connectivity index (χ4v) is 2.63. The molecular formula is C14H20ClNO. The van der Waals surface area contributed by atoms with Gasteiger partial charge in [0.1, 0.15) is 5.75 Å². The van der Waals surface area contributed by atoms with E-state index >= 15 is 0 Å². The maximum absolute atomic E-state index is 6.04. The van der Waals surface area contributed by atoms with Gasteiger partial charge < -0.3 is 10.1 Å². The first kappa shape index (κ1) is 12.6. The van der Waals surface area contributed by atoms with Gasteiger partial charge in [-0.3, -0.25) is 0 Å². The van der Waals surface area contributed by atoms with E-state index in [1.165, 1.54) is 19.3 Å². The van der Waals surface area contributed by atoms with Gasteiger partial charge in [0.25, 0.3) is 0 Å². The van der Waals surface area contributed by atoms with Gasteiger partial charge in [-0.1, -0.05) is 18.5 Å². The van der Waals surface area contributed by atoms with Gasteiger partial charge in [-0.05, 0) is 50.3 Å². The van der Waals surface area contributed by atoms with Crippen molar-refractivity contribution in [2.24, 2.45) is 5.92 Å². The Hall–Kier alpha value is -0.890. The van der Waals surface area contributed by atoms with Crippen LogP contribution >= 0.6 is 11.6 Å². The van der Waals surface area contributed by atoms with Crippen molar-refractivity contribution < 1.29 is 4.74 Å². The molecule has 2 atom stereocenters. The molecule has 0 saturated heterocycles. The van der Waals surface area contributed by atoms with Crippen LogP contribution in [0.15, 0.2) is 18.2 Å². The fraction of sp³-hybridized carbons (Fsp3) is 0.571. The Morgan fingerprint density at radius 1 is 1.41 bits per heavy atom. The quantitative estimate of drug-likeness (QED) is 0.862. The molecule has 0 aromatic heterocycles. The molecule has 3 heteroatoms. The van der Waals surface area contributed by atoms with Crippen molar-refractivity contribution in [1.82, 2.24) is 0 Å². The first-order valence-electron chi connectivity index (χ1n) is 6.38. The molecule has 2 nitrogen and oxygen atoms in total. The molecule has 1 aliphatic rings. The van der Waals surface area contributed by atoms with Gasteiger partial charge in [0.05, 0.1) is 12.3 Å². The summed E-state index contributed by atoms with van der Waals surface area (Å²) in [6.45, 7) is 4.98. The van der Waals surface area contributed by atoms with Crippen molar-refractivity contribution in [3.63, 3.8) is 0 Å². The molecule has 0 heterocycles. The van der Waals surface area contributed by atoms with E-state index in [0.717, 1.165) is 22.4 Å². The maximum Gasteiger partial charge on any atom is 0.142 e. The summed E-state index contributed by atoms with van der Waals surface area (Å²) in [7, 11) is 0. The maximum atomic E-state index is 6.04. The van der Waals surface area contributed by atoms with Crippen molar-refractivity contribution in [3.05, 3.63) is 23.2 Å². The Balaban J connectivity index is 2.10. The number of halogens is 1. The molecule has 1 aromatic rings. The number of benzene rings is 1. The number of anilines is 1. The van der Waals surface area contributed by atoms with Crippen LogP contribution in [0.4, 0.5) is 5.69 Å². The summed E-state index contributed by atoms with van der Waals surface area (Å²) in [6, 6.07) is 6.32. The largest absolute Gasteiger partial charge is 0.492 e. The van der Waals surface area contributed by atoms with Crippen LogP contribution in [-0.4, -0.2) is 12.6 Å². The van der Waals surface area contributed by atoms with Gasteiger partial charge >= 0.3 is 0 Å². The monoisotopic (exact) mass is 253 g/mol. The first-order chi connectivity index (χ1) is 8.19. The summed E-state index contributed by atoms with van der Waals surface area (Å²) in [4.78, 5) is 0. The van der Waals surface area contributed by atoms with E-state index < -0.39 is 0 Å². The lowest BCUT2D eigenvalue weighted by atomic mass is 10.1. The predicted octanol–water partition coefficient (Wildman–Crippen LogP) is 4.34. The molecule has 2 unspecified atom stereocenters. The van der Waals surface area contributed by atoms with Crippen molar-refractivity contribution in [1.29, 1.82) is 0 Å². The second kappa shape index (κ2) is 5.63. The van der Waals surface area contributed by atoms with Gasteiger partial charge in [-0.2, -0.15) is 0 Å². The lowest BCUT2D eigenvalue weighted by Gasteiger charge is -2.17. The van der Waals surface area contributed by atoms with E-state index in [9.17, 15) is 0 Å². The molecule has 1 aromatic carbocycles. The highest BCUT2D eigenvalue weighted by atomic mass is 35.5. The number of hydrogen-bond acceptors (Lipinski definition) is 2. The molecule has 2 rings (SSSR count). The highest BCUT2D eigenvalue weighted by molar-refractivity contribution is 6.30. The number of rotatable bonds is 4. The summed E-state index contributed by atoms with van der Waals surface area (Å²) >= 11 is 6.04. The summed E-state index contributed by atoms with van der Waals surface area (Å²) < 4.78 is 5.61. The summed E-state index contributed by atoms with van der Waals surface area (Å²) in [6.07, 6.45) is 3.78. The van der Waals surface area contributed by atoms with Crippen molar-refractivity contribution in [2.45, 2.75) is 39.2 Å². The molecule has 1 N–H and O–H groups in total. The zero-order valence-electron chi connectivity index (χ0n) is 10.5. The highest BCUT2D eigenvalue weighted by Crippen LogP contribution is 2.33. The van der Waals surface area contributed by atoms with E-state index in [1.807, 2.05) is 25.1 Å². The smallest absolute Gasteiger partial charge is 0.142 e. The zero-order chi connectivity index (χ0) is 12.3. The van der Waals surface area contributed by atoms with Crippen molar-refractivity contribution in [3.8, 4) is 5.75 Å². The summed E-state index contributed by atoms with van der Waals surface area (Å²) in [5.74, 6) is 1.72. The van der Waals surface area contributed by atoms with Crippen LogP contribution in [0.2, 0.25) is 5.02 Å². The molecular weight excluding hydrogens is 234 g/mol. The van der Waals surface area contributed by atoms with Gasteiger partial charge in [0.15, 0.2) is 0 Å². The number of nitrogens with one attached hydrogen (secondary N) is 1. The van der Waals surface area contributed by atoms with Crippen LogP contribution in [0, 0.1) is 5.92 Å². The number of ether oxygens (including phenoxy) is 1. The van der Waals surface area contributed by atoms with Gasteiger partial charge in [-0.15, -0.1) is 0 Å². The second-order valence-corrected chi connectivity index (χ2v) is 5.27. The third kappa shape index (κ3) is 3.29. The minimum atomic E-state index is 0.558. The van der Waals surface area contributed by atoms with E-state index in [0.29, 0.717) is 12.6 Å². The highest BCUT2D eigenvalue weighted by Gasteiger charge is 2.21. The Morgan fingerprint density at radius 2 is 2.24 bits per heavy atom. The van der Waals surface area contributed by atoms with Crippen molar-refractivity contribution in [2.75, 3.05) is 11.9 Å². The van der Waals surface area contributed by atoms with E-state index in [-0.39, 0.29) is 0 Å². The van der Waals surface area contributed by atoms with Crippen LogP contribution in [0.3, 0.4) is 0 Å².